The molecule has 2 N–H and O–H groups in total. The SMILES string of the molecule is C/C(=C/c1ccc(F)cc1)C(=O)NCC(O)c1ccccc1F. The summed E-state index contributed by atoms with van der Waals surface area (Å²) in [6.07, 6.45) is 0.475. The summed E-state index contributed by atoms with van der Waals surface area (Å²) in [7, 11) is 0. The maximum atomic E-state index is 13.5. The Hall–Kier alpha value is -2.53. The fourth-order valence-electron chi connectivity index (χ4n) is 2.06. The fraction of sp³-hybridized carbons (Fsp3) is 0.167. The number of aliphatic hydroxyl groups excluding tert-OH is 1. The van der Waals surface area contributed by atoms with Crippen LogP contribution < -0.4 is 5.32 Å². The van der Waals surface area contributed by atoms with Gasteiger partial charge in [-0.15, -0.1) is 0 Å². The molecule has 5 heteroatoms. The standard InChI is InChI=1S/C18H17F2NO2/c1-12(10-13-6-8-14(19)9-7-13)18(23)21-11-17(22)15-4-2-3-5-16(15)20/h2-10,17,22H,11H2,1H3,(H,21,23)/b12-10-. The number of hydrogen-bond donors (Lipinski definition) is 2. The molecule has 23 heavy (non-hydrogen) atoms. The second-order valence-electron chi connectivity index (χ2n) is 5.13. The number of carbonyl (C=O) groups is 1. The summed E-state index contributed by atoms with van der Waals surface area (Å²) < 4.78 is 26.4. The summed E-state index contributed by atoms with van der Waals surface area (Å²) >= 11 is 0. The van der Waals surface area contributed by atoms with E-state index in [1.807, 2.05) is 0 Å². The number of hydrogen-bond acceptors (Lipinski definition) is 2. The van der Waals surface area contributed by atoms with E-state index in [1.54, 1.807) is 31.2 Å². The molecule has 0 aliphatic heterocycles. The Morgan fingerprint density at radius 1 is 1.17 bits per heavy atom. The van der Waals surface area contributed by atoms with Crippen molar-refractivity contribution >= 4 is 12.0 Å². The molecular formula is C18H17F2NO2. The first-order valence-corrected chi connectivity index (χ1v) is 7.12. The van der Waals surface area contributed by atoms with Gasteiger partial charge in [0.05, 0.1) is 6.10 Å². The molecule has 2 rings (SSSR count). The molecule has 0 aliphatic rings. The van der Waals surface area contributed by atoms with Gasteiger partial charge < -0.3 is 10.4 Å². The van der Waals surface area contributed by atoms with Crippen molar-refractivity contribution in [3.8, 4) is 0 Å². The van der Waals surface area contributed by atoms with Crippen molar-refractivity contribution in [2.75, 3.05) is 6.54 Å². The van der Waals surface area contributed by atoms with Crippen molar-refractivity contribution in [1.82, 2.24) is 5.32 Å². The van der Waals surface area contributed by atoms with Gasteiger partial charge in [-0.25, -0.2) is 8.78 Å². The minimum Gasteiger partial charge on any atom is -0.386 e. The summed E-state index contributed by atoms with van der Waals surface area (Å²) in [4.78, 5) is 12.0. The largest absolute Gasteiger partial charge is 0.386 e. The van der Waals surface area contributed by atoms with Crippen LogP contribution in [0.3, 0.4) is 0 Å². The van der Waals surface area contributed by atoms with E-state index in [0.29, 0.717) is 11.1 Å². The zero-order valence-corrected chi connectivity index (χ0v) is 12.6. The molecule has 0 aromatic heterocycles. The van der Waals surface area contributed by atoms with E-state index in [1.165, 1.54) is 30.3 Å². The van der Waals surface area contributed by atoms with Crippen LogP contribution >= 0.6 is 0 Å². The molecule has 0 spiro atoms. The predicted octanol–water partition coefficient (Wildman–Crippen LogP) is 3.22. The van der Waals surface area contributed by atoms with Crippen molar-refractivity contribution in [3.63, 3.8) is 0 Å². The van der Waals surface area contributed by atoms with Gasteiger partial charge in [0.25, 0.3) is 0 Å². The van der Waals surface area contributed by atoms with Gasteiger partial charge >= 0.3 is 0 Å². The lowest BCUT2D eigenvalue weighted by atomic mass is 10.1. The maximum Gasteiger partial charge on any atom is 0.247 e. The van der Waals surface area contributed by atoms with Crippen LogP contribution in [0.5, 0.6) is 0 Å². The van der Waals surface area contributed by atoms with Crippen LogP contribution in [0.25, 0.3) is 6.08 Å². The van der Waals surface area contributed by atoms with Gasteiger partial charge in [0.15, 0.2) is 0 Å². The molecule has 0 heterocycles. The van der Waals surface area contributed by atoms with Gasteiger partial charge in [0.1, 0.15) is 11.6 Å². The average molecular weight is 317 g/mol. The number of benzene rings is 2. The smallest absolute Gasteiger partial charge is 0.247 e. The molecule has 120 valence electrons. The molecule has 0 saturated carbocycles. The van der Waals surface area contributed by atoms with Crippen LogP contribution in [0.1, 0.15) is 24.2 Å². The van der Waals surface area contributed by atoms with E-state index in [4.69, 9.17) is 0 Å². The Labute approximate surface area is 133 Å². The molecule has 3 nitrogen and oxygen atoms in total. The van der Waals surface area contributed by atoms with Crippen LogP contribution in [0.2, 0.25) is 0 Å². The lowest BCUT2D eigenvalue weighted by molar-refractivity contribution is -0.117. The lowest BCUT2D eigenvalue weighted by Gasteiger charge is -2.13. The lowest BCUT2D eigenvalue weighted by Crippen LogP contribution is -2.29. The molecule has 0 radical (unpaired) electrons. The fourth-order valence-corrected chi connectivity index (χ4v) is 2.06. The molecule has 0 saturated heterocycles. The summed E-state index contributed by atoms with van der Waals surface area (Å²) in [5.74, 6) is -1.25. The van der Waals surface area contributed by atoms with E-state index in [2.05, 4.69) is 5.32 Å². The van der Waals surface area contributed by atoms with E-state index in [9.17, 15) is 18.7 Å². The summed E-state index contributed by atoms with van der Waals surface area (Å²) in [5.41, 5.74) is 1.22. The number of amides is 1. The average Bonchev–Trinajstić information content (AvgIpc) is 2.54. The summed E-state index contributed by atoms with van der Waals surface area (Å²) in [6.45, 7) is 1.50. The Bertz CT molecular complexity index is 711. The van der Waals surface area contributed by atoms with Crippen LogP contribution in [-0.2, 0) is 4.79 Å². The zero-order chi connectivity index (χ0) is 16.8. The topological polar surface area (TPSA) is 49.3 Å². The molecule has 1 atom stereocenters. The number of aliphatic hydroxyl groups is 1. The first kappa shape index (κ1) is 16.8. The predicted molar refractivity (Wildman–Crippen MR) is 84.4 cm³/mol. The third kappa shape index (κ3) is 4.72. The molecule has 0 fully saturated rings. The Morgan fingerprint density at radius 3 is 2.48 bits per heavy atom. The first-order chi connectivity index (χ1) is 11.0. The molecular weight excluding hydrogens is 300 g/mol. The van der Waals surface area contributed by atoms with Gasteiger partial charge in [-0.1, -0.05) is 30.3 Å². The second kappa shape index (κ2) is 7.65. The highest BCUT2D eigenvalue weighted by Gasteiger charge is 2.13. The van der Waals surface area contributed by atoms with Crippen LogP contribution in [0.15, 0.2) is 54.1 Å². The van der Waals surface area contributed by atoms with Crippen molar-refractivity contribution < 1.29 is 18.7 Å². The molecule has 2 aromatic rings. The van der Waals surface area contributed by atoms with E-state index >= 15 is 0 Å². The monoisotopic (exact) mass is 317 g/mol. The Kier molecular flexibility index (Phi) is 5.60. The van der Waals surface area contributed by atoms with Gasteiger partial charge in [-0.3, -0.25) is 4.79 Å². The number of carbonyl (C=O) groups excluding carboxylic acids is 1. The quantitative estimate of drug-likeness (QED) is 0.832. The van der Waals surface area contributed by atoms with E-state index < -0.39 is 11.9 Å². The van der Waals surface area contributed by atoms with Crippen molar-refractivity contribution in [3.05, 3.63) is 76.9 Å². The highest BCUT2D eigenvalue weighted by atomic mass is 19.1. The third-order valence-electron chi connectivity index (χ3n) is 3.33. The van der Waals surface area contributed by atoms with E-state index in [-0.39, 0.29) is 23.8 Å². The van der Waals surface area contributed by atoms with Crippen LogP contribution in [0, 0.1) is 11.6 Å². The van der Waals surface area contributed by atoms with Crippen LogP contribution in [-0.4, -0.2) is 17.6 Å². The Morgan fingerprint density at radius 2 is 1.83 bits per heavy atom. The first-order valence-electron chi connectivity index (χ1n) is 7.12. The number of rotatable bonds is 5. The zero-order valence-electron chi connectivity index (χ0n) is 12.6. The molecule has 0 bridgehead atoms. The normalized spacial score (nSPS) is 12.8. The highest BCUT2D eigenvalue weighted by molar-refractivity contribution is 5.97. The van der Waals surface area contributed by atoms with Crippen molar-refractivity contribution in [2.24, 2.45) is 0 Å². The molecule has 0 aliphatic carbocycles. The van der Waals surface area contributed by atoms with Gasteiger partial charge in [0.2, 0.25) is 5.91 Å². The second-order valence-corrected chi connectivity index (χ2v) is 5.13. The number of halogens is 2. The third-order valence-corrected chi connectivity index (χ3v) is 3.33. The van der Waals surface area contributed by atoms with Gasteiger partial charge in [0, 0.05) is 17.7 Å². The highest BCUT2D eigenvalue weighted by Crippen LogP contribution is 2.16. The summed E-state index contributed by atoms with van der Waals surface area (Å²) in [5, 5.41) is 12.5. The van der Waals surface area contributed by atoms with Gasteiger partial charge in [-0.2, -0.15) is 0 Å². The van der Waals surface area contributed by atoms with Crippen LogP contribution in [0.4, 0.5) is 8.78 Å². The van der Waals surface area contributed by atoms with Crippen molar-refractivity contribution in [1.29, 1.82) is 0 Å². The van der Waals surface area contributed by atoms with E-state index in [0.717, 1.165) is 0 Å². The minimum absolute atomic E-state index is 0.103. The molecule has 1 amide bonds. The molecule has 1 unspecified atom stereocenters. The summed E-state index contributed by atoms with van der Waals surface area (Å²) in [6, 6.07) is 11.6. The molecule has 2 aromatic carbocycles. The maximum absolute atomic E-state index is 13.5. The van der Waals surface area contributed by atoms with Crippen molar-refractivity contribution in [2.45, 2.75) is 13.0 Å². The minimum atomic E-state index is -1.13. The Balaban J connectivity index is 1.96. The number of nitrogens with one attached hydrogen (secondary N) is 1. The van der Waals surface area contributed by atoms with Gasteiger partial charge in [-0.05, 0) is 36.8 Å².